The predicted molar refractivity (Wildman–Crippen MR) is 261 cm³/mol. The second-order valence-electron chi connectivity index (χ2n) is 20.2. The summed E-state index contributed by atoms with van der Waals surface area (Å²) in [6.07, 6.45) is 4.26. The Morgan fingerprint density at radius 3 is 2.44 bits per heavy atom. The molecule has 0 radical (unpaired) electrons. The minimum absolute atomic E-state index is 0.0316. The molecule has 4 fully saturated rings. The van der Waals surface area contributed by atoms with E-state index in [1.165, 1.54) is 11.3 Å². The maximum absolute atomic E-state index is 14.0. The Morgan fingerprint density at radius 2 is 1.70 bits per heavy atom. The zero-order valence-corrected chi connectivity index (χ0v) is 40.2. The lowest BCUT2D eigenvalue weighted by molar-refractivity contribution is -0.200. The van der Waals surface area contributed by atoms with Crippen LogP contribution >= 0.6 is 11.3 Å². The van der Waals surface area contributed by atoms with Crippen LogP contribution in [-0.4, -0.2) is 94.4 Å². The van der Waals surface area contributed by atoms with Gasteiger partial charge in [-0.15, -0.1) is 11.3 Å². The van der Waals surface area contributed by atoms with E-state index in [0.717, 1.165) is 56.0 Å². The van der Waals surface area contributed by atoms with E-state index in [4.69, 9.17) is 14.2 Å². The van der Waals surface area contributed by atoms with Crippen molar-refractivity contribution in [1.82, 2.24) is 10.6 Å². The number of carboxylic acid groups (broad SMARTS) is 1. The van der Waals surface area contributed by atoms with E-state index in [2.05, 4.69) is 22.9 Å². The van der Waals surface area contributed by atoms with Crippen LogP contribution in [0.4, 0.5) is 10.5 Å². The third-order valence-electron chi connectivity index (χ3n) is 16.3. The number of aliphatic carboxylic acids is 1. The smallest absolute Gasteiger partial charge is 0.407 e. The number of anilines is 1. The van der Waals surface area contributed by atoms with E-state index in [0.29, 0.717) is 18.5 Å². The molecule has 0 spiro atoms. The van der Waals surface area contributed by atoms with Gasteiger partial charge in [-0.05, 0) is 108 Å². The highest BCUT2D eigenvalue weighted by Gasteiger charge is 2.76. The van der Waals surface area contributed by atoms with Crippen LogP contribution in [0.25, 0.3) is 11.1 Å². The van der Waals surface area contributed by atoms with Gasteiger partial charge in [0.2, 0.25) is 11.8 Å². The van der Waals surface area contributed by atoms with E-state index >= 15 is 0 Å². The number of amides is 3. The molecule has 6 N–H and O–H groups in total. The average Bonchev–Trinajstić information content (AvgIpc) is 4.11. The fraction of sp³-hybridized carbons (Fsp3) is 0.418. The minimum atomic E-state index is -1.48. The number of fused-ring (bicyclic) bond motifs is 10. The Labute approximate surface area is 414 Å². The number of allylic oxidation sites excluding steroid dienone is 4. The zero-order chi connectivity index (χ0) is 49.8. The van der Waals surface area contributed by atoms with Gasteiger partial charge in [0, 0.05) is 46.1 Å². The molecule has 370 valence electrons. The number of nitrogens with one attached hydrogen (secondary N) is 3. The van der Waals surface area contributed by atoms with Gasteiger partial charge in [0.1, 0.15) is 25.8 Å². The number of hydrogen-bond donors (Lipinski definition) is 6. The second-order valence-corrected chi connectivity index (χ2v) is 21.4. The topological polar surface area (TPSA) is 227 Å². The number of rotatable bonds is 15. The highest BCUT2D eigenvalue weighted by Crippen LogP contribution is 2.70. The van der Waals surface area contributed by atoms with Crippen LogP contribution in [0, 0.1) is 28.6 Å². The maximum atomic E-state index is 14.0. The van der Waals surface area contributed by atoms with Crippen LogP contribution in [0.2, 0.25) is 0 Å². The lowest BCUT2D eigenvalue weighted by atomic mass is 9.46. The molecule has 1 aliphatic heterocycles. The summed E-state index contributed by atoms with van der Waals surface area (Å²) in [5.74, 6) is -3.31. The number of carboxylic acids is 1. The fourth-order valence-electron chi connectivity index (χ4n) is 13.2. The van der Waals surface area contributed by atoms with Gasteiger partial charge in [-0.2, -0.15) is 0 Å². The van der Waals surface area contributed by atoms with Crippen LogP contribution in [0.15, 0.2) is 109 Å². The van der Waals surface area contributed by atoms with Crippen LogP contribution in [0.1, 0.15) is 91.0 Å². The summed E-state index contributed by atoms with van der Waals surface area (Å²) in [5.41, 5.74) is 3.73. The molecule has 3 saturated carbocycles. The van der Waals surface area contributed by atoms with Crippen molar-refractivity contribution in [1.29, 1.82) is 0 Å². The Morgan fingerprint density at radius 1 is 0.958 bits per heavy atom. The van der Waals surface area contributed by atoms with Crippen molar-refractivity contribution >= 4 is 52.5 Å². The van der Waals surface area contributed by atoms with Gasteiger partial charge in [-0.1, -0.05) is 86.2 Å². The molecule has 16 heteroatoms. The lowest BCUT2D eigenvalue weighted by Crippen LogP contribution is -2.63. The molecule has 0 unspecified atom stereocenters. The number of benzene rings is 3. The number of carbonyl (C=O) groups is 6. The fourth-order valence-corrected chi connectivity index (χ4v) is 14.2. The number of thiophene rings is 1. The summed E-state index contributed by atoms with van der Waals surface area (Å²) in [6, 6.07) is 25.6. The largest absolute Gasteiger partial charge is 0.481 e. The van der Waals surface area contributed by atoms with Gasteiger partial charge in [-0.25, -0.2) is 4.79 Å². The number of hydrogen-bond acceptors (Lipinski definition) is 12. The van der Waals surface area contributed by atoms with Crippen molar-refractivity contribution in [3.8, 4) is 11.1 Å². The molecular formula is C55H57N3O12S. The molecule has 2 heterocycles. The molecule has 3 aromatic carbocycles. The van der Waals surface area contributed by atoms with Gasteiger partial charge >= 0.3 is 12.1 Å². The van der Waals surface area contributed by atoms with Gasteiger partial charge < -0.3 is 45.5 Å². The molecule has 1 aromatic heterocycles. The monoisotopic (exact) mass is 983 g/mol. The quantitative estimate of drug-likeness (QED) is 0.0726. The van der Waals surface area contributed by atoms with E-state index in [1.807, 2.05) is 79.7 Å². The highest BCUT2D eigenvalue weighted by molar-refractivity contribution is 7.12. The Bertz CT molecular complexity index is 2830. The Hall–Kier alpha value is -6.30. The third-order valence-corrected chi connectivity index (χ3v) is 17.4. The van der Waals surface area contributed by atoms with E-state index in [9.17, 15) is 44.1 Å². The van der Waals surface area contributed by atoms with Crippen LogP contribution < -0.4 is 16.0 Å². The standard InChI is InChI=1S/C55H57N3O12S/c1-53-21-20-33(60)24-31(53)14-16-39-41-25-46-55(45(62)28-59,54(41,2)26-43(61)49(39)53)70-51(69-46)44-18-15-34(71-44)23-30-8-7-9-32(22-30)57-50(66)42(17-19-48(64)65)58-47(63)27-56-52(67)68-29-40-37-12-5-3-10-35(37)36-11-4-6-13-38(36)40/h3-13,15,18,20-22,24,39-43,46,49,51,59,61H,14,16-17,19,23,25-29H2,1-2H3,(H,56,67)(H,57,66)(H,58,63)(H,64,65)/t39-,41-,42-,43-,46+,49+,51+,53-,54-,55+/m0/s1. The summed E-state index contributed by atoms with van der Waals surface area (Å²) in [6.45, 7) is 2.91. The Balaban J connectivity index is 0.757. The molecule has 0 bridgehead atoms. The first kappa shape index (κ1) is 48.3. The first-order valence-electron chi connectivity index (χ1n) is 24.3. The molecular weight excluding hydrogens is 927 g/mol. The van der Waals surface area contributed by atoms with Gasteiger partial charge in [0.05, 0.1) is 17.1 Å². The summed E-state index contributed by atoms with van der Waals surface area (Å²) in [7, 11) is 0. The first-order chi connectivity index (χ1) is 34.1. The number of aliphatic hydroxyl groups is 2. The molecule has 10 atom stereocenters. The second kappa shape index (κ2) is 19.0. The van der Waals surface area contributed by atoms with Gasteiger partial charge in [-0.3, -0.25) is 24.0 Å². The highest BCUT2D eigenvalue weighted by atomic mass is 32.1. The number of ketones is 2. The molecule has 3 amide bonds. The molecule has 5 aliphatic carbocycles. The molecule has 71 heavy (non-hydrogen) atoms. The molecule has 1 saturated heterocycles. The Kier molecular flexibility index (Phi) is 13.0. The number of Topliss-reactive ketones (excluding diaryl/α,β-unsaturated/α-hetero) is 1. The number of ether oxygens (including phenoxy) is 3. The van der Waals surface area contributed by atoms with Crippen molar-refractivity contribution in [3.05, 3.63) is 135 Å². The van der Waals surface area contributed by atoms with Crippen molar-refractivity contribution < 1.29 is 58.3 Å². The average molecular weight is 984 g/mol. The normalized spacial score (nSPS) is 29.3. The van der Waals surface area contributed by atoms with Crippen LogP contribution in [0.5, 0.6) is 0 Å². The molecule has 4 aromatic rings. The van der Waals surface area contributed by atoms with Crippen LogP contribution in [-0.2, 0) is 44.6 Å². The van der Waals surface area contributed by atoms with Crippen molar-refractivity contribution in [2.45, 2.75) is 94.9 Å². The number of carbonyl (C=O) groups excluding carboxylic acids is 5. The molecule has 15 nitrogen and oxygen atoms in total. The van der Waals surface area contributed by atoms with E-state index in [-0.39, 0.29) is 48.9 Å². The molecule has 10 rings (SSSR count). The van der Waals surface area contributed by atoms with Gasteiger partial charge in [0.25, 0.3) is 0 Å². The summed E-state index contributed by atoms with van der Waals surface area (Å²) < 4.78 is 19.0. The SMILES string of the molecule is C[C@]12C=CC(=O)C=C1CC[C@@H]1[C@@H]2[C@@H](O)C[C@@]2(C)[C@H]1C[C@H]1O[C@@H](c3ccc(Cc4cccc(NC(=O)[C@H](CCC(=O)O)NC(=O)CNC(=O)OCC5c6ccccc6-c6ccccc65)c4)s3)O[C@]12C(=O)CO. The van der Waals surface area contributed by atoms with Gasteiger partial charge in [0.15, 0.2) is 23.5 Å². The van der Waals surface area contributed by atoms with E-state index < -0.39 is 90.2 Å². The number of alkyl carbamates (subject to hydrolysis) is 1. The van der Waals surface area contributed by atoms with Crippen molar-refractivity contribution in [3.63, 3.8) is 0 Å². The maximum Gasteiger partial charge on any atom is 0.407 e. The van der Waals surface area contributed by atoms with E-state index in [1.54, 1.807) is 30.4 Å². The first-order valence-corrected chi connectivity index (χ1v) is 25.1. The summed E-state index contributed by atoms with van der Waals surface area (Å²) in [4.78, 5) is 79.0. The zero-order valence-electron chi connectivity index (χ0n) is 39.4. The molecule has 6 aliphatic rings. The predicted octanol–water partition coefficient (Wildman–Crippen LogP) is 6.77. The summed E-state index contributed by atoms with van der Waals surface area (Å²) >= 11 is 1.45. The lowest BCUT2D eigenvalue weighted by Gasteiger charge is -2.59. The van der Waals surface area contributed by atoms with Crippen molar-refractivity contribution in [2.24, 2.45) is 28.6 Å². The van der Waals surface area contributed by atoms with Crippen molar-refractivity contribution in [2.75, 3.05) is 25.1 Å². The third kappa shape index (κ3) is 8.62. The summed E-state index contributed by atoms with van der Waals surface area (Å²) in [5, 5.41) is 39.7. The number of aliphatic hydroxyl groups excluding tert-OH is 2. The van der Waals surface area contributed by atoms with Crippen LogP contribution in [0.3, 0.4) is 0 Å². The minimum Gasteiger partial charge on any atom is -0.481 e.